The van der Waals surface area contributed by atoms with E-state index < -0.39 is 16.8 Å². The van der Waals surface area contributed by atoms with Crippen LogP contribution in [0.1, 0.15) is 36.7 Å². The molecular formula is C15H21NO4S. The van der Waals surface area contributed by atoms with Crippen LogP contribution in [0.15, 0.2) is 23.1 Å². The molecule has 21 heavy (non-hydrogen) atoms. The van der Waals surface area contributed by atoms with Gasteiger partial charge in [-0.3, -0.25) is 9.00 Å². The van der Waals surface area contributed by atoms with Gasteiger partial charge in [-0.15, -0.1) is 0 Å². The van der Waals surface area contributed by atoms with E-state index in [1.165, 1.54) is 6.07 Å². The van der Waals surface area contributed by atoms with E-state index in [9.17, 15) is 13.8 Å². The van der Waals surface area contributed by atoms with Crippen LogP contribution in [0.3, 0.4) is 0 Å². The molecule has 2 atom stereocenters. The number of aryl methyl sites for hydroxylation is 1. The van der Waals surface area contributed by atoms with Crippen LogP contribution >= 0.6 is 0 Å². The number of nitrogens with one attached hydrogen (secondary N) is 1. The summed E-state index contributed by atoms with van der Waals surface area (Å²) < 4.78 is 12.1. The normalized spacial score (nSPS) is 13.8. The minimum Gasteiger partial charge on any atom is -0.478 e. The number of carboxylic acids is 1. The van der Waals surface area contributed by atoms with Gasteiger partial charge in [0.15, 0.2) is 0 Å². The second kappa shape index (κ2) is 7.36. The van der Waals surface area contributed by atoms with E-state index in [1.54, 1.807) is 19.1 Å². The predicted octanol–water partition coefficient (Wildman–Crippen LogP) is 1.96. The highest BCUT2D eigenvalue weighted by molar-refractivity contribution is 7.85. The number of aromatic carboxylic acids is 1. The van der Waals surface area contributed by atoms with Gasteiger partial charge in [0, 0.05) is 10.9 Å². The van der Waals surface area contributed by atoms with Crippen molar-refractivity contribution in [3.8, 4) is 0 Å². The van der Waals surface area contributed by atoms with Gasteiger partial charge in [-0.2, -0.15) is 0 Å². The van der Waals surface area contributed by atoms with Gasteiger partial charge in [0.05, 0.1) is 16.4 Å². The molecule has 1 aromatic rings. The Bertz CT molecular complexity index is 569. The molecular weight excluding hydrogens is 290 g/mol. The molecule has 0 bridgehead atoms. The van der Waals surface area contributed by atoms with E-state index in [0.29, 0.717) is 16.4 Å². The van der Waals surface area contributed by atoms with Crippen molar-refractivity contribution in [2.24, 2.45) is 5.92 Å². The fraction of sp³-hybridized carbons (Fsp3) is 0.467. The van der Waals surface area contributed by atoms with Crippen LogP contribution in [0.5, 0.6) is 0 Å². The van der Waals surface area contributed by atoms with E-state index in [0.717, 1.165) is 0 Å². The molecule has 5 nitrogen and oxygen atoms in total. The van der Waals surface area contributed by atoms with Gasteiger partial charge in [-0.25, -0.2) is 4.79 Å². The summed E-state index contributed by atoms with van der Waals surface area (Å²) in [4.78, 5) is 23.2. The number of amides is 1. The van der Waals surface area contributed by atoms with E-state index in [1.807, 2.05) is 20.8 Å². The molecule has 0 saturated heterocycles. The zero-order valence-corrected chi connectivity index (χ0v) is 13.5. The first kappa shape index (κ1) is 17.4. The fourth-order valence-corrected chi connectivity index (χ4v) is 2.60. The molecule has 2 N–H and O–H groups in total. The maximum Gasteiger partial charge on any atom is 0.335 e. The van der Waals surface area contributed by atoms with E-state index in [2.05, 4.69) is 5.32 Å². The molecule has 1 rings (SSSR count). The second-order valence-electron chi connectivity index (χ2n) is 5.37. The maximum absolute atomic E-state index is 12.1. The van der Waals surface area contributed by atoms with Crippen molar-refractivity contribution < 1.29 is 18.9 Å². The highest BCUT2D eigenvalue weighted by atomic mass is 32.2. The van der Waals surface area contributed by atoms with Crippen molar-refractivity contribution in [1.82, 2.24) is 5.32 Å². The first-order chi connectivity index (χ1) is 9.72. The number of carbonyl (C=O) groups is 2. The standard InChI is InChI=1S/C15H21NO4S/c1-9(2)11(4)16-14(17)8-21(20)12-6-5-10(3)13(7-12)15(18)19/h5-7,9,11H,8H2,1-4H3,(H,16,17)(H,18,19). The number of carbonyl (C=O) groups excluding carboxylic acids is 1. The summed E-state index contributed by atoms with van der Waals surface area (Å²) in [6.07, 6.45) is 0. The quantitative estimate of drug-likeness (QED) is 0.841. The van der Waals surface area contributed by atoms with E-state index in [-0.39, 0.29) is 23.3 Å². The van der Waals surface area contributed by atoms with Gasteiger partial charge in [0.25, 0.3) is 0 Å². The number of hydrogen-bond donors (Lipinski definition) is 2. The van der Waals surface area contributed by atoms with Gasteiger partial charge in [0.1, 0.15) is 5.75 Å². The Morgan fingerprint density at radius 3 is 2.43 bits per heavy atom. The molecule has 0 aliphatic rings. The molecule has 0 aliphatic carbocycles. The minimum absolute atomic E-state index is 0.00194. The van der Waals surface area contributed by atoms with Gasteiger partial charge in [0.2, 0.25) is 5.91 Å². The molecule has 0 aliphatic heterocycles. The molecule has 0 spiro atoms. The zero-order valence-electron chi connectivity index (χ0n) is 12.7. The van der Waals surface area contributed by atoms with Gasteiger partial charge in [-0.1, -0.05) is 19.9 Å². The highest BCUT2D eigenvalue weighted by Gasteiger charge is 2.16. The summed E-state index contributed by atoms with van der Waals surface area (Å²) in [7, 11) is -1.55. The lowest BCUT2D eigenvalue weighted by Gasteiger charge is -2.17. The fourth-order valence-electron chi connectivity index (χ4n) is 1.64. The van der Waals surface area contributed by atoms with Crippen LogP contribution < -0.4 is 5.32 Å². The van der Waals surface area contributed by atoms with Crippen LogP contribution in [0.4, 0.5) is 0 Å². The third-order valence-corrected chi connectivity index (χ3v) is 4.66. The largest absolute Gasteiger partial charge is 0.478 e. The summed E-state index contributed by atoms with van der Waals surface area (Å²) in [5.74, 6) is -1.24. The van der Waals surface area contributed by atoms with Gasteiger partial charge < -0.3 is 10.4 Å². The Labute approximate surface area is 127 Å². The molecule has 2 unspecified atom stereocenters. The Morgan fingerprint density at radius 2 is 1.90 bits per heavy atom. The molecule has 0 radical (unpaired) electrons. The molecule has 1 aromatic carbocycles. The topological polar surface area (TPSA) is 83.5 Å². The molecule has 0 aromatic heterocycles. The van der Waals surface area contributed by atoms with E-state index in [4.69, 9.17) is 5.11 Å². The van der Waals surface area contributed by atoms with Crippen molar-refractivity contribution in [1.29, 1.82) is 0 Å². The first-order valence-electron chi connectivity index (χ1n) is 6.74. The number of rotatable bonds is 6. The molecule has 0 saturated carbocycles. The summed E-state index contributed by atoms with van der Waals surface area (Å²) in [5.41, 5.74) is 0.706. The van der Waals surface area contributed by atoms with Crippen molar-refractivity contribution in [2.75, 3.05) is 5.75 Å². The van der Waals surface area contributed by atoms with Crippen LogP contribution in [-0.2, 0) is 15.6 Å². The summed E-state index contributed by atoms with van der Waals surface area (Å²) in [5, 5.41) is 11.8. The maximum atomic E-state index is 12.1. The average Bonchev–Trinajstić information content (AvgIpc) is 2.38. The molecule has 0 heterocycles. The smallest absolute Gasteiger partial charge is 0.335 e. The van der Waals surface area contributed by atoms with Crippen molar-refractivity contribution >= 4 is 22.7 Å². The van der Waals surface area contributed by atoms with Crippen molar-refractivity contribution in [2.45, 2.75) is 38.6 Å². The second-order valence-corrected chi connectivity index (χ2v) is 6.82. The van der Waals surface area contributed by atoms with Crippen molar-refractivity contribution in [3.63, 3.8) is 0 Å². The Morgan fingerprint density at radius 1 is 1.29 bits per heavy atom. The van der Waals surface area contributed by atoms with Crippen LogP contribution in [0.2, 0.25) is 0 Å². The Balaban J connectivity index is 2.78. The highest BCUT2D eigenvalue weighted by Crippen LogP contribution is 2.14. The van der Waals surface area contributed by atoms with Crippen LogP contribution in [-0.4, -0.2) is 33.0 Å². The van der Waals surface area contributed by atoms with E-state index >= 15 is 0 Å². The lowest BCUT2D eigenvalue weighted by molar-refractivity contribution is -0.119. The van der Waals surface area contributed by atoms with Crippen LogP contribution in [0.25, 0.3) is 0 Å². The molecule has 1 amide bonds. The molecule has 116 valence electrons. The summed E-state index contributed by atoms with van der Waals surface area (Å²) >= 11 is 0. The first-order valence-corrected chi connectivity index (χ1v) is 8.06. The third kappa shape index (κ3) is 4.97. The molecule has 6 heteroatoms. The number of hydrogen-bond acceptors (Lipinski definition) is 3. The lowest BCUT2D eigenvalue weighted by Crippen LogP contribution is -2.38. The Hall–Kier alpha value is -1.69. The van der Waals surface area contributed by atoms with Gasteiger partial charge >= 0.3 is 5.97 Å². The SMILES string of the molecule is Cc1ccc(S(=O)CC(=O)NC(C)C(C)C)cc1C(=O)O. The summed E-state index contributed by atoms with van der Waals surface area (Å²) in [6.45, 7) is 7.54. The van der Waals surface area contributed by atoms with Gasteiger partial charge in [-0.05, 0) is 37.5 Å². The van der Waals surface area contributed by atoms with Crippen LogP contribution in [0, 0.1) is 12.8 Å². The number of benzene rings is 1. The summed E-state index contributed by atoms with van der Waals surface area (Å²) in [6, 6.07) is 4.57. The monoisotopic (exact) mass is 311 g/mol. The van der Waals surface area contributed by atoms with Crippen molar-refractivity contribution in [3.05, 3.63) is 29.3 Å². The Kier molecular flexibility index (Phi) is 6.08. The predicted molar refractivity (Wildman–Crippen MR) is 81.9 cm³/mol. The molecule has 0 fully saturated rings. The lowest BCUT2D eigenvalue weighted by atomic mass is 10.1. The zero-order chi connectivity index (χ0) is 16.2. The third-order valence-electron chi connectivity index (χ3n) is 3.35. The number of carboxylic acid groups (broad SMARTS) is 1. The minimum atomic E-state index is -1.55. The average molecular weight is 311 g/mol.